The first-order valence-electron chi connectivity index (χ1n) is 7.18. The summed E-state index contributed by atoms with van der Waals surface area (Å²) in [5.41, 5.74) is 2.60. The van der Waals surface area contributed by atoms with Crippen LogP contribution in [0.4, 0.5) is 8.78 Å². The molecule has 1 unspecified atom stereocenters. The minimum Gasteiger partial charge on any atom is -0.310 e. The number of hydrogen-bond donors (Lipinski definition) is 1. The SMILES string of the molecule is CCCNC(Cc1cc(C)nn1C)c1cc(F)cc(F)c1. The van der Waals surface area contributed by atoms with Gasteiger partial charge in [0.25, 0.3) is 0 Å². The summed E-state index contributed by atoms with van der Waals surface area (Å²) >= 11 is 0. The number of nitrogens with zero attached hydrogens (tertiary/aromatic N) is 2. The Kier molecular flexibility index (Phi) is 5.07. The fraction of sp³-hybridized carbons (Fsp3) is 0.438. The Balaban J connectivity index is 2.27. The number of aryl methyl sites for hydroxylation is 2. The van der Waals surface area contributed by atoms with Crippen molar-refractivity contribution in [3.63, 3.8) is 0 Å². The molecule has 1 aromatic heterocycles. The molecule has 0 fully saturated rings. The molecule has 1 heterocycles. The zero-order valence-electron chi connectivity index (χ0n) is 12.7. The molecule has 21 heavy (non-hydrogen) atoms. The monoisotopic (exact) mass is 293 g/mol. The minimum atomic E-state index is -0.547. The molecule has 0 aliphatic carbocycles. The first-order chi connectivity index (χ1) is 9.99. The van der Waals surface area contributed by atoms with Crippen molar-refractivity contribution >= 4 is 0 Å². The van der Waals surface area contributed by atoms with E-state index in [1.54, 1.807) is 0 Å². The van der Waals surface area contributed by atoms with E-state index in [1.807, 2.05) is 24.7 Å². The molecule has 0 aliphatic heterocycles. The first kappa shape index (κ1) is 15.6. The summed E-state index contributed by atoms with van der Waals surface area (Å²) in [7, 11) is 1.88. The number of aromatic nitrogens is 2. The number of benzene rings is 1. The number of rotatable bonds is 6. The van der Waals surface area contributed by atoms with E-state index < -0.39 is 11.6 Å². The molecule has 1 N–H and O–H groups in total. The Morgan fingerprint density at radius 3 is 2.38 bits per heavy atom. The molecular weight excluding hydrogens is 272 g/mol. The van der Waals surface area contributed by atoms with E-state index in [9.17, 15) is 8.78 Å². The van der Waals surface area contributed by atoms with Crippen LogP contribution in [0, 0.1) is 18.6 Å². The summed E-state index contributed by atoms with van der Waals surface area (Å²) in [4.78, 5) is 0. The van der Waals surface area contributed by atoms with E-state index in [1.165, 1.54) is 12.1 Å². The summed E-state index contributed by atoms with van der Waals surface area (Å²) in [5, 5.41) is 7.66. The molecule has 3 nitrogen and oxygen atoms in total. The number of nitrogens with one attached hydrogen (secondary N) is 1. The first-order valence-corrected chi connectivity index (χ1v) is 7.18. The van der Waals surface area contributed by atoms with Gasteiger partial charge in [0, 0.05) is 31.3 Å². The van der Waals surface area contributed by atoms with Crippen LogP contribution in [0.1, 0.15) is 36.3 Å². The normalized spacial score (nSPS) is 12.6. The summed E-state index contributed by atoms with van der Waals surface area (Å²) in [6.45, 7) is 4.78. The van der Waals surface area contributed by atoms with E-state index >= 15 is 0 Å². The van der Waals surface area contributed by atoms with Crippen LogP contribution in [-0.2, 0) is 13.5 Å². The third kappa shape index (κ3) is 4.11. The Bertz CT molecular complexity index is 587. The predicted molar refractivity (Wildman–Crippen MR) is 79.0 cm³/mol. The van der Waals surface area contributed by atoms with E-state index in [-0.39, 0.29) is 6.04 Å². The highest BCUT2D eigenvalue weighted by Gasteiger charge is 2.16. The van der Waals surface area contributed by atoms with Gasteiger partial charge in [0.05, 0.1) is 5.69 Å². The molecule has 1 aromatic carbocycles. The Morgan fingerprint density at radius 2 is 1.86 bits per heavy atom. The van der Waals surface area contributed by atoms with Crippen molar-refractivity contribution in [2.45, 2.75) is 32.7 Å². The van der Waals surface area contributed by atoms with E-state index in [4.69, 9.17) is 0 Å². The lowest BCUT2D eigenvalue weighted by Gasteiger charge is -2.19. The maximum Gasteiger partial charge on any atom is 0.126 e. The van der Waals surface area contributed by atoms with Gasteiger partial charge in [0.1, 0.15) is 11.6 Å². The Hall–Kier alpha value is -1.75. The summed E-state index contributed by atoms with van der Waals surface area (Å²) in [5.74, 6) is -1.09. The lowest BCUT2D eigenvalue weighted by atomic mass is 10.0. The second-order valence-electron chi connectivity index (χ2n) is 5.31. The van der Waals surface area contributed by atoms with E-state index in [0.29, 0.717) is 12.0 Å². The van der Waals surface area contributed by atoms with Gasteiger partial charge in [0.2, 0.25) is 0 Å². The molecule has 2 rings (SSSR count). The molecule has 0 saturated carbocycles. The average molecular weight is 293 g/mol. The highest BCUT2D eigenvalue weighted by molar-refractivity contribution is 5.24. The standard InChI is InChI=1S/C16H21F2N3/c1-4-5-19-16(10-15-6-11(2)20-21(15)3)12-7-13(17)9-14(18)8-12/h6-9,16,19H,4-5,10H2,1-3H3. The van der Waals surface area contributed by atoms with E-state index in [0.717, 1.165) is 30.4 Å². The van der Waals surface area contributed by atoms with Crippen LogP contribution in [0.25, 0.3) is 0 Å². The number of halogens is 2. The van der Waals surface area contributed by atoms with E-state index in [2.05, 4.69) is 17.3 Å². The summed E-state index contributed by atoms with van der Waals surface area (Å²) in [6.07, 6.45) is 1.60. The van der Waals surface area contributed by atoms with Gasteiger partial charge in [0.15, 0.2) is 0 Å². The topological polar surface area (TPSA) is 29.9 Å². The quantitative estimate of drug-likeness (QED) is 0.885. The van der Waals surface area contributed by atoms with Crippen molar-refractivity contribution in [2.75, 3.05) is 6.54 Å². The Morgan fingerprint density at radius 1 is 1.19 bits per heavy atom. The van der Waals surface area contributed by atoms with Gasteiger partial charge in [-0.1, -0.05) is 6.92 Å². The van der Waals surface area contributed by atoms with Gasteiger partial charge >= 0.3 is 0 Å². The van der Waals surface area contributed by atoms with Crippen LogP contribution >= 0.6 is 0 Å². The molecule has 1 atom stereocenters. The molecule has 2 aromatic rings. The molecule has 0 bridgehead atoms. The molecule has 0 aliphatic rings. The molecule has 0 spiro atoms. The second kappa shape index (κ2) is 6.80. The summed E-state index contributed by atoms with van der Waals surface area (Å²) < 4.78 is 28.7. The highest BCUT2D eigenvalue weighted by Crippen LogP contribution is 2.21. The fourth-order valence-electron chi connectivity index (χ4n) is 2.47. The second-order valence-corrected chi connectivity index (χ2v) is 5.31. The fourth-order valence-corrected chi connectivity index (χ4v) is 2.47. The van der Waals surface area contributed by atoms with Crippen LogP contribution in [0.3, 0.4) is 0 Å². The van der Waals surface area contributed by atoms with Crippen molar-refractivity contribution in [1.82, 2.24) is 15.1 Å². The van der Waals surface area contributed by atoms with Crippen LogP contribution < -0.4 is 5.32 Å². The zero-order valence-corrected chi connectivity index (χ0v) is 12.7. The van der Waals surface area contributed by atoms with Gasteiger partial charge < -0.3 is 5.32 Å². The van der Waals surface area contributed by atoms with Gasteiger partial charge in [-0.15, -0.1) is 0 Å². The maximum absolute atomic E-state index is 13.4. The van der Waals surface area contributed by atoms with Crippen molar-refractivity contribution in [1.29, 1.82) is 0 Å². The molecular formula is C16H21F2N3. The lowest BCUT2D eigenvalue weighted by Crippen LogP contribution is -2.25. The van der Waals surface area contributed by atoms with Gasteiger partial charge in [-0.25, -0.2) is 8.78 Å². The summed E-state index contributed by atoms with van der Waals surface area (Å²) in [6, 6.07) is 5.54. The molecule has 114 valence electrons. The zero-order chi connectivity index (χ0) is 15.4. The smallest absolute Gasteiger partial charge is 0.126 e. The predicted octanol–water partition coefficient (Wildman–Crippen LogP) is 3.29. The van der Waals surface area contributed by atoms with Crippen LogP contribution in [-0.4, -0.2) is 16.3 Å². The molecule has 0 amide bonds. The van der Waals surface area contributed by atoms with Crippen molar-refractivity contribution in [3.8, 4) is 0 Å². The maximum atomic E-state index is 13.4. The Labute approximate surface area is 124 Å². The molecule has 0 saturated heterocycles. The van der Waals surface area contributed by atoms with Gasteiger partial charge in [-0.3, -0.25) is 4.68 Å². The molecule has 0 radical (unpaired) electrons. The average Bonchev–Trinajstić information content (AvgIpc) is 2.71. The van der Waals surface area contributed by atoms with Crippen LogP contribution in [0.2, 0.25) is 0 Å². The minimum absolute atomic E-state index is 0.134. The third-order valence-electron chi connectivity index (χ3n) is 3.44. The largest absolute Gasteiger partial charge is 0.310 e. The third-order valence-corrected chi connectivity index (χ3v) is 3.44. The van der Waals surface area contributed by atoms with Crippen molar-refractivity contribution in [3.05, 3.63) is 52.9 Å². The number of hydrogen-bond acceptors (Lipinski definition) is 2. The van der Waals surface area contributed by atoms with Gasteiger partial charge in [-0.05, 0) is 43.7 Å². The lowest BCUT2D eigenvalue weighted by molar-refractivity contribution is 0.501. The highest BCUT2D eigenvalue weighted by atomic mass is 19.1. The van der Waals surface area contributed by atoms with Gasteiger partial charge in [-0.2, -0.15) is 5.10 Å². The molecule has 5 heteroatoms. The van der Waals surface area contributed by atoms with Crippen molar-refractivity contribution in [2.24, 2.45) is 7.05 Å². The van der Waals surface area contributed by atoms with Crippen LogP contribution in [0.5, 0.6) is 0 Å². The van der Waals surface area contributed by atoms with Crippen LogP contribution in [0.15, 0.2) is 24.3 Å². The van der Waals surface area contributed by atoms with Crippen molar-refractivity contribution < 1.29 is 8.78 Å².